The Morgan fingerprint density at radius 3 is 2.83 bits per heavy atom. The van der Waals surface area contributed by atoms with Gasteiger partial charge < -0.3 is 0 Å². The van der Waals surface area contributed by atoms with Gasteiger partial charge in [-0.25, -0.2) is 0 Å². The second kappa shape index (κ2) is 1.80. The van der Waals surface area contributed by atoms with Crippen LogP contribution >= 0.6 is 24.8 Å². The van der Waals surface area contributed by atoms with Gasteiger partial charge in [0.05, 0.1) is 0 Å². The molecule has 0 bridgehead atoms. The highest BCUT2D eigenvalue weighted by Gasteiger charge is 1.95. The first-order valence-electron chi connectivity index (χ1n) is 1.67. The van der Waals surface area contributed by atoms with Crippen molar-refractivity contribution >= 4 is 24.8 Å². The lowest BCUT2D eigenvalue weighted by molar-refractivity contribution is 1.08. The Morgan fingerprint density at radius 1 is 1.83 bits per heavy atom. The van der Waals surface area contributed by atoms with E-state index in [0.29, 0.717) is 0 Å². The third-order valence-corrected chi connectivity index (χ3v) is 1.74. The molecule has 1 heterocycles. The number of thiol groups is 1. The van der Waals surface area contributed by atoms with Gasteiger partial charge in [0.15, 0.2) is 0 Å². The standard InChI is InChI=1S/C3H5NS2/c5-4-2-1-3-6-4/h1-2,5H,3H2. The smallest absolute Gasteiger partial charge is 0.0340 e. The summed E-state index contributed by atoms with van der Waals surface area (Å²) in [5, 5.41) is 0. The van der Waals surface area contributed by atoms with Crippen molar-refractivity contribution in [2.75, 3.05) is 5.75 Å². The van der Waals surface area contributed by atoms with Gasteiger partial charge in [0, 0.05) is 12.0 Å². The maximum Gasteiger partial charge on any atom is 0.0340 e. The van der Waals surface area contributed by atoms with Crippen molar-refractivity contribution in [3.8, 4) is 0 Å². The van der Waals surface area contributed by atoms with Gasteiger partial charge >= 0.3 is 0 Å². The normalized spacial score (nSPS) is 19.8. The molecule has 0 aliphatic carbocycles. The van der Waals surface area contributed by atoms with E-state index >= 15 is 0 Å². The van der Waals surface area contributed by atoms with Crippen molar-refractivity contribution in [3.63, 3.8) is 0 Å². The summed E-state index contributed by atoms with van der Waals surface area (Å²) in [5.74, 6) is 1.07. The third-order valence-electron chi connectivity index (χ3n) is 0.536. The molecule has 0 aromatic rings. The van der Waals surface area contributed by atoms with Crippen LogP contribution in [-0.4, -0.2) is 9.46 Å². The summed E-state index contributed by atoms with van der Waals surface area (Å²) in [7, 11) is 0. The van der Waals surface area contributed by atoms with E-state index in [1.165, 1.54) is 0 Å². The highest BCUT2D eigenvalue weighted by atomic mass is 32.2. The molecule has 1 aliphatic heterocycles. The van der Waals surface area contributed by atoms with E-state index in [9.17, 15) is 0 Å². The summed E-state index contributed by atoms with van der Waals surface area (Å²) < 4.78 is 1.79. The zero-order valence-corrected chi connectivity index (χ0v) is 4.88. The Morgan fingerprint density at radius 2 is 2.67 bits per heavy atom. The van der Waals surface area contributed by atoms with Crippen molar-refractivity contribution in [3.05, 3.63) is 12.3 Å². The Hall–Kier alpha value is 0.240. The van der Waals surface area contributed by atoms with Crippen molar-refractivity contribution in [2.45, 2.75) is 0 Å². The van der Waals surface area contributed by atoms with Crippen LogP contribution < -0.4 is 0 Å². The first kappa shape index (κ1) is 4.40. The molecule has 0 saturated heterocycles. The number of rotatable bonds is 0. The van der Waals surface area contributed by atoms with E-state index < -0.39 is 0 Å². The van der Waals surface area contributed by atoms with Gasteiger partial charge in [-0.15, -0.1) is 0 Å². The monoisotopic (exact) mass is 119 g/mol. The van der Waals surface area contributed by atoms with Crippen molar-refractivity contribution in [2.24, 2.45) is 0 Å². The van der Waals surface area contributed by atoms with Crippen molar-refractivity contribution in [1.29, 1.82) is 0 Å². The van der Waals surface area contributed by atoms with Crippen molar-refractivity contribution < 1.29 is 0 Å². The van der Waals surface area contributed by atoms with E-state index in [2.05, 4.69) is 18.9 Å². The van der Waals surface area contributed by atoms with E-state index in [1.807, 2.05) is 6.20 Å². The zero-order chi connectivity index (χ0) is 4.41. The van der Waals surface area contributed by atoms with E-state index in [0.717, 1.165) is 5.75 Å². The lowest BCUT2D eigenvalue weighted by Crippen LogP contribution is -1.79. The minimum Gasteiger partial charge on any atom is -0.269 e. The van der Waals surface area contributed by atoms with Crippen LogP contribution in [0.3, 0.4) is 0 Å². The predicted molar refractivity (Wildman–Crippen MR) is 32.4 cm³/mol. The lowest BCUT2D eigenvalue weighted by atomic mass is 10.7. The molecule has 0 aromatic carbocycles. The zero-order valence-electron chi connectivity index (χ0n) is 3.16. The minimum atomic E-state index is 1.07. The Bertz CT molecular complexity index is 71.2. The van der Waals surface area contributed by atoms with Crippen LogP contribution in [0, 0.1) is 0 Å². The van der Waals surface area contributed by atoms with E-state index in [-0.39, 0.29) is 0 Å². The van der Waals surface area contributed by atoms with Crippen LogP contribution in [0.25, 0.3) is 0 Å². The molecule has 0 aromatic heterocycles. The van der Waals surface area contributed by atoms with Gasteiger partial charge in [0.1, 0.15) is 0 Å². The van der Waals surface area contributed by atoms with Crippen LogP contribution in [0.2, 0.25) is 0 Å². The molecule has 0 atom stereocenters. The molecule has 1 aliphatic rings. The maximum atomic E-state index is 4.00. The molecule has 0 saturated carbocycles. The molecule has 34 valence electrons. The highest BCUT2D eigenvalue weighted by molar-refractivity contribution is 8.05. The van der Waals surface area contributed by atoms with Gasteiger partial charge in [0.25, 0.3) is 0 Å². The second-order valence-corrected chi connectivity index (χ2v) is 2.67. The first-order valence-corrected chi connectivity index (χ1v) is 3.01. The second-order valence-electron chi connectivity index (χ2n) is 0.983. The van der Waals surface area contributed by atoms with Gasteiger partial charge in [0.2, 0.25) is 0 Å². The number of nitrogens with zero attached hydrogens (tertiary/aromatic N) is 1. The van der Waals surface area contributed by atoms with Crippen LogP contribution in [0.4, 0.5) is 0 Å². The Labute approximate surface area is 47.1 Å². The maximum absolute atomic E-state index is 4.00. The van der Waals surface area contributed by atoms with Gasteiger partial charge in [-0.2, -0.15) is 0 Å². The summed E-state index contributed by atoms with van der Waals surface area (Å²) in [6, 6.07) is 0. The van der Waals surface area contributed by atoms with Crippen LogP contribution in [0.1, 0.15) is 0 Å². The molecule has 6 heavy (non-hydrogen) atoms. The molecule has 0 unspecified atom stereocenters. The molecule has 1 nitrogen and oxygen atoms in total. The van der Waals surface area contributed by atoms with Crippen LogP contribution in [0.15, 0.2) is 12.3 Å². The fourth-order valence-corrected chi connectivity index (χ4v) is 1.09. The number of hydrogen-bond donors (Lipinski definition) is 1. The molecule has 3 heteroatoms. The summed E-state index contributed by atoms with van der Waals surface area (Å²) in [4.78, 5) is 0. The summed E-state index contributed by atoms with van der Waals surface area (Å²) in [5.41, 5.74) is 0. The van der Waals surface area contributed by atoms with Crippen LogP contribution in [0.5, 0.6) is 0 Å². The number of hydrogen-bond acceptors (Lipinski definition) is 3. The van der Waals surface area contributed by atoms with Crippen LogP contribution in [-0.2, 0) is 0 Å². The van der Waals surface area contributed by atoms with Crippen molar-refractivity contribution in [1.82, 2.24) is 3.71 Å². The van der Waals surface area contributed by atoms with E-state index in [4.69, 9.17) is 0 Å². The van der Waals surface area contributed by atoms with Gasteiger partial charge in [-0.05, 0) is 11.9 Å². The summed E-state index contributed by atoms with van der Waals surface area (Å²) in [6.45, 7) is 0. The molecule has 1 rings (SSSR count). The average molecular weight is 119 g/mol. The summed E-state index contributed by atoms with van der Waals surface area (Å²) >= 11 is 5.69. The molecule has 0 amide bonds. The topological polar surface area (TPSA) is 3.24 Å². The largest absolute Gasteiger partial charge is 0.269 e. The molecule has 0 radical (unpaired) electrons. The molecular weight excluding hydrogens is 114 g/mol. The molecule has 0 fully saturated rings. The van der Waals surface area contributed by atoms with Gasteiger partial charge in [-0.3, -0.25) is 3.71 Å². The third kappa shape index (κ3) is 0.849. The highest BCUT2D eigenvalue weighted by Crippen LogP contribution is 2.18. The fraction of sp³-hybridized carbons (Fsp3) is 0.333. The summed E-state index contributed by atoms with van der Waals surface area (Å²) in [6.07, 6.45) is 4.01. The Balaban J connectivity index is 2.38. The van der Waals surface area contributed by atoms with Gasteiger partial charge in [-0.1, -0.05) is 18.9 Å². The predicted octanol–water partition coefficient (Wildman–Crippen LogP) is 1.31. The molecule has 0 spiro atoms. The lowest BCUT2D eigenvalue weighted by Gasteiger charge is -1.98. The SMILES string of the molecule is SN1C=CCS1. The molecular formula is C3H5NS2. The first-order chi connectivity index (χ1) is 2.89. The quantitative estimate of drug-likeness (QED) is 0.378. The molecule has 0 N–H and O–H groups in total. The fourth-order valence-electron chi connectivity index (χ4n) is 0.296. The van der Waals surface area contributed by atoms with E-state index in [1.54, 1.807) is 15.7 Å². The average Bonchev–Trinajstić information content (AvgIpc) is 1.86. The minimum absolute atomic E-state index is 1.07. The Kier molecular flexibility index (Phi) is 1.32.